The van der Waals surface area contributed by atoms with Crippen molar-refractivity contribution in [2.75, 3.05) is 0 Å². The van der Waals surface area contributed by atoms with E-state index in [0.717, 1.165) is 0 Å². The van der Waals surface area contributed by atoms with E-state index >= 15 is 0 Å². The Labute approximate surface area is 109 Å². The Kier molecular flexibility index (Phi) is 4.03. The molecule has 1 saturated heterocycles. The summed E-state index contributed by atoms with van der Waals surface area (Å²) in [6.07, 6.45) is 1.62. The van der Waals surface area contributed by atoms with Crippen LogP contribution in [0, 0.1) is 10.1 Å². The molecule has 102 valence electrons. The number of hydrogen-bond donors (Lipinski definition) is 3. The first-order valence-electron chi connectivity index (χ1n) is 5.92. The molecule has 1 aliphatic rings. The van der Waals surface area contributed by atoms with E-state index in [2.05, 4.69) is 21.2 Å². The Balaban J connectivity index is 1.95. The van der Waals surface area contributed by atoms with E-state index in [-0.39, 0.29) is 6.54 Å². The zero-order valence-electron chi connectivity index (χ0n) is 10.4. The van der Waals surface area contributed by atoms with E-state index in [4.69, 9.17) is 0 Å². The van der Waals surface area contributed by atoms with Crippen molar-refractivity contribution in [3.05, 3.63) is 40.2 Å². The molecule has 8 heteroatoms. The lowest BCUT2D eigenvalue weighted by Crippen LogP contribution is -2.49. The molecule has 1 aliphatic heterocycles. The zero-order chi connectivity index (χ0) is 13.8. The summed E-state index contributed by atoms with van der Waals surface area (Å²) in [6.45, 7) is 1.91. The molecule has 0 saturated carbocycles. The number of carbonyl (C=O) groups excluding carboxylic acids is 1. The molecule has 1 amide bonds. The largest absolute Gasteiger partial charge is 0.349 e. The third kappa shape index (κ3) is 3.04. The minimum absolute atomic E-state index is 0.247. The number of hydrazine groups is 1. The number of amides is 1. The molecule has 1 fully saturated rings. The van der Waals surface area contributed by atoms with Gasteiger partial charge in [0.15, 0.2) is 6.04 Å². The quantitative estimate of drug-likeness (QED) is 0.486. The summed E-state index contributed by atoms with van der Waals surface area (Å²) in [4.78, 5) is 26.5. The molecule has 2 heterocycles. The van der Waals surface area contributed by atoms with Crippen LogP contribution in [0.1, 0.15) is 12.6 Å². The minimum Gasteiger partial charge on any atom is -0.349 e. The number of nitro groups is 1. The van der Waals surface area contributed by atoms with Gasteiger partial charge in [-0.25, -0.2) is 10.9 Å². The van der Waals surface area contributed by atoms with Crippen molar-refractivity contribution in [2.45, 2.75) is 31.6 Å². The van der Waals surface area contributed by atoms with Crippen molar-refractivity contribution in [1.29, 1.82) is 0 Å². The maximum Gasteiger partial charge on any atom is 0.254 e. The molecule has 0 bridgehead atoms. The summed E-state index contributed by atoms with van der Waals surface area (Å²) >= 11 is 0. The molecule has 19 heavy (non-hydrogen) atoms. The van der Waals surface area contributed by atoms with Crippen molar-refractivity contribution in [3.8, 4) is 0 Å². The first kappa shape index (κ1) is 13.4. The van der Waals surface area contributed by atoms with E-state index < -0.39 is 29.0 Å². The van der Waals surface area contributed by atoms with Gasteiger partial charge in [-0.05, 0) is 19.1 Å². The van der Waals surface area contributed by atoms with Crippen LogP contribution in [-0.4, -0.2) is 33.9 Å². The molecule has 3 unspecified atom stereocenters. The average molecular weight is 265 g/mol. The Hall–Kier alpha value is -2.06. The maximum atomic E-state index is 11.9. The van der Waals surface area contributed by atoms with E-state index in [1.54, 1.807) is 25.3 Å². The predicted octanol–water partition coefficient (Wildman–Crippen LogP) is -0.792. The number of hydrogen-bond acceptors (Lipinski definition) is 6. The first-order valence-corrected chi connectivity index (χ1v) is 5.92. The Bertz CT molecular complexity index is 467. The SMILES string of the molecule is CC1NNC(C(=O)NCc2ccccn2)C1[N+](=O)[O-]. The van der Waals surface area contributed by atoms with Gasteiger partial charge in [0.05, 0.1) is 18.3 Å². The number of rotatable bonds is 4. The van der Waals surface area contributed by atoms with Gasteiger partial charge in [-0.3, -0.25) is 19.9 Å². The van der Waals surface area contributed by atoms with E-state index in [1.165, 1.54) is 0 Å². The second kappa shape index (κ2) is 5.72. The van der Waals surface area contributed by atoms with Gasteiger partial charge >= 0.3 is 0 Å². The van der Waals surface area contributed by atoms with Crippen LogP contribution in [0.3, 0.4) is 0 Å². The zero-order valence-corrected chi connectivity index (χ0v) is 10.4. The molecule has 3 N–H and O–H groups in total. The highest BCUT2D eigenvalue weighted by Crippen LogP contribution is 2.10. The number of aromatic nitrogens is 1. The van der Waals surface area contributed by atoms with E-state index in [9.17, 15) is 14.9 Å². The summed E-state index contributed by atoms with van der Waals surface area (Å²) in [5, 5.41) is 13.6. The molecule has 8 nitrogen and oxygen atoms in total. The molecule has 1 aromatic heterocycles. The van der Waals surface area contributed by atoms with Gasteiger partial charge in [0, 0.05) is 11.1 Å². The third-order valence-electron chi connectivity index (χ3n) is 3.02. The van der Waals surface area contributed by atoms with Crippen LogP contribution in [0.2, 0.25) is 0 Å². The Morgan fingerprint density at radius 1 is 1.53 bits per heavy atom. The van der Waals surface area contributed by atoms with Crippen molar-refractivity contribution in [1.82, 2.24) is 21.2 Å². The molecule has 0 aliphatic carbocycles. The number of pyridine rings is 1. The second-order valence-corrected chi connectivity index (χ2v) is 4.37. The standard InChI is InChI=1S/C11H15N5O3/c1-7-10(16(18)19)9(15-14-7)11(17)13-6-8-4-2-3-5-12-8/h2-5,7,9-10,14-15H,6H2,1H3,(H,13,17). The highest BCUT2D eigenvalue weighted by atomic mass is 16.6. The minimum atomic E-state index is -0.983. The molecule has 0 radical (unpaired) electrons. The second-order valence-electron chi connectivity index (χ2n) is 4.37. The average Bonchev–Trinajstić information content (AvgIpc) is 2.79. The lowest BCUT2D eigenvalue weighted by Gasteiger charge is -2.13. The molecule has 1 aromatic rings. The van der Waals surface area contributed by atoms with Crippen LogP contribution in [0.5, 0.6) is 0 Å². The molecule has 0 aromatic carbocycles. The van der Waals surface area contributed by atoms with Crippen LogP contribution in [0.15, 0.2) is 24.4 Å². The first-order chi connectivity index (χ1) is 9.09. The molecule has 0 spiro atoms. The van der Waals surface area contributed by atoms with Gasteiger partial charge < -0.3 is 5.32 Å². The van der Waals surface area contributed by atoms with Crippen LogP contribution in [0.25, 0.3) is 0 Å². The van der Waals surface area contributed by atoms with Gasteiger partial charge in [0.1, 0.15) is 0 Å². The fourth-order valence-corrected chi connectivity index (χ4v) is 2.00. The van der Waals surface area contributed by atoms with Crippen molar-refractivity contribution in [3.63, 3.8) is 0 Å². The number of nitrogens with one attached hydrogen (secondary N) is 3. The van der Waals surface area contributed by atoms with Gasteiger partial charge in [-0.1, -0.05) is 6.07 Å². The van der Waals surface area contributed by atoms with Gasteiger partial charge in [-0.15, -0.1) is 0 Å². The molecule has 2 rings (SSSR count). The summed E-state index contributed by atoms with van der Waals surface area (Å²) < 4.78 is 0. The highest BCUT2D eigenvalue weighted by molar-refractivity contribution is 5.82. The Morgan fingerprint density at radius 3 is 2.95 bits per heavy atom. The number of carbonyl (C=O) groups is 1. The van der Waals surface area contributed by atoms with Gasteiger partial charge in [-0.2, -0.15) is 0 Å². The van der Waals surface area contributed by atoms with Gasteiger partial charge in [0.2, 0.25) is 5.91 Å². The normalized spacial score (nSPS) is 26.1. The predicted molar refractivity (Wildman–Crippen MR) is 66.4 cm³/mol. The number of nitrogens with zero attached hydrogens (tertiary/aromatic N) is 2. The topological polar surface area (TPSA) is 109 Å². The van der Waals surface area contributed by atoms with Crippen LogP contribution < -0.4 is 16.2 Å². The van der Waals surface area contributed by atoms with Crippen molar-refractivity contribution >= 4 is 5.91 Å². The summed E-state index contributed by atoms with van der Waals surface area (Å²) in [6, 6.07) is 3.09. The Morgan fingerprint density at radius 2 is 2.32 bits per heavy atom. The fraction of sp³-hybridized carbons (Fsp3) is 0.455. The van der Waals surface area contributed by atoms with E-state index in [0.29, 0.717) is 5.69 Å². The highest BCUT2D eigenvalue weighted by Gasteiger charge is 2.46. The third-order valence-corrected chi connectivity index (χ3v) is 3.02. The molecular formula is C11H15N5O3. The fourth-order valence-electron chi connectivity index (χ4n) is 2.00. The van der Waals surface area contributed by atoms with Crippen LogP contribution >= 0.6 is 0 Å². The lowest BCUT2D eigenvalue weighted by molar-refractivity contribution is -0.523. The smallest absolute Gasteiger partial charge is 0.254 e. The lowest BCUT2D eigenvalue weighted by atomic mass is 10.0. The van der Waals surface area contributed by atoms with Crippen LogP contribution in [0.4, 0.5) is 0 Å². The van der Waals surface area contributed by atoms with Gasteiger partial charge in [0.25, 0.3) is 6.04 Å². The summed E-state index contributed by atoms with van der Waals surface area (Å²) in [7, 11) is 0. The monoisotopic (exact) mass is 265 g/mol. The van der Waals surface area contributed by atoms with Crippen molar-refractivity contribution in [2.24, 2.45) is 0 Å². The molecule has 3 atom stereocenters. The summed E-state index contributed by atoms with van der Waals surface area (Å²) in [5.74, 6) is -0.413. The maximum absolute atomic E-state index is 11.9. The molecular weight excluding hydrogens is 250 g/mol. The van der Waals surface area contributed by atoms with E-state index in [1.807, 2.05) is 6.07 Å². The van der Waals surface area contributed by atoms with Crippen LogP contribution in [-0.2, 0) is 11.3 Å². The summed E-state index contributed by atoms with van der Waals surface area (Å²) in [5.41, 5.74) is 6.06. The van der Waals surface area contributed by atoms with Crippen molar-refractivity contribution < 1.29 is 9.72 Å².